The third kappa shape index (κ3) is 1.94. The zero-order valence-electron chi connectivity index (χ0n) is 10.2. The summed E-state index contributed by atoms with van der Waals surface area (Å²) in [6, 6.07) is 6.36. The molecule has 3 rings (SSSR count). The number of hydrogen-bond acceptors (Lipinski definition) is 3. The number of ether oxygens (including phenoxy) is 1. The van der Waals surface area contributed by atoms with Crippen LogP contribution in [-0.4, -0.2) is 12.1 Å². The van der Waals surface area contributed by atoms with E-state index in [1.54, 1.807) is 13.3 Å². The highest BCUT2D eigenvalue weighted by Crippen LogP contribution is 2.53. The van der Waals surface area contributed by atoms with Gasteiger partial charge in [-0.25, -0.2) is 0 Å². The van der Waals surface area contributed by atoms with Crippen molar-refractivity contribution in [2.75, 3.05) is 7.11 Å². The van der Waals surface area contributed by atoms with Crippen molar-refractivity contribution in [2.45, 2.75) is 18.3 Å². The van der Waals surface area contributed by atoms with Crippen molar-refractivity contribution < 1.29 is 4.74 Å². The van der Waals surface area contributed by atoms with Crippen molar-refractivity contribution in [3.8, 4) is 11.8 Å². The second kappa shape index (κ2) is 4.46. The molecule has 5 heteroatoms. The van der Waals surface area contributed by atoms with Crippen molar-refractivity contribution in [3.05, 3.63) is 32.8 Å². The van der Waals surface area contributed by atoms with Crippen LogP contribution in [0.15, 0.2) is 27.3 Å². The highest BCUT2D eigenvalue weighted by Gasteiger charge is 2.47. The van der Waals surface area contributed by atoms with Crippen LogP contribution in [0.4, 0.5) is 0 Å². The molecule has 0 atom stereocenters. The van der Waals surface area contributed by atoms with Crippen molar-refractivity contribution in [3.63, 3.8) is 0 Å². The fraction of sp³-hybridized carbons (Fsp3) is 0.286. The maximum absolute atomic E-state index is 9.40. The van der Waals surface area contributed by atoms with Crippen LogP contribution in [0, 0.1) is 11.3 Å². The van der Waals surface area contributed by atoms with Crippen molar-refractivity contribution in [2.24, 2.45) is 0 Å². The van der Waals surface area contributed by atoms with E-state index < -0.39 is 0 Å². The largest absolute Gasteiger partial charge is 0.496 e. The Labute approximate surface area is 127 Å². The highest BCUT2D eigenvalue weighted by atomic mass is 79.9. The quantitative estimate of drug-likeness (QED) is 0.777. The lowest BCUT2D eigenvalue weighted by Crippen LogP contribution is -2.06. The van der Waals surface area contributed by atoms with Crippen LogP contribution in [0.5, 0.6) is 5.75 Å². The van der Waals surface area contributed by atoms with Crippen LogP contribution < -0.4 is 4.74 Å². The van der Waals surface area contributed by atoms with E-state index in [1.165, 1.54) is 0 Å². The number of methoxy groups -OCH3 is 1. The van der Waals surface area contributed by atoms with Gasteiger partial charge < -0.3 is 4.74 Å². The predicted octanol–water partition coefficient (Wildman–Crippen LogP) is 4.32. The maximum atomic E-state index is 9.40. The van der Waals surface area contributed by atoms with Crippen LogP contribution in [-0.2, 0) is 5.41 Å². The molecule has 0 aliphatic heterocycles. The maximum Gasteiger partial charge on any atom is 0.133 e. The molecule has 0 saturated heterocycles. The predicted molar refractivity (Wildman–Crippen MR) is 80.2 cm³/mol. The molecule has 0 N–H and O–H groups in total. The average Bonchev–Trinajstić information content (AvgIpc) is 3.19. The number of hydrogen-bond donors (Lipinski definition) is 0. The van der Waals surface area contributed by atoms with Gasteiger partial charge >= 0.3 is 0 Å². The summed E-state index contributed by atoms with van der Waals surface area (Å²) in [5.41, 5.74) is 1.42. The third-order valence-electron chi connectivity index (χ3n) is 3.52. The van der Waals surface area contributed by atoms with Gasteiger partial charge in [-0.1, -0.05) is 0 Å². The van der Waals surface area contributed by atoms with Gasteiger partial charge in [-0.15, -0.1) is 0 Å². The van der Waals surface area contributed by atoms with Gasteiger partial charge in [0.2, 0.25) is 0 Å². The van der Waals surface area contributed by atoms with E-state index in [0.717, 1.165) is 44.0 Å². The lowest BCUT2D eigenvalue weighted by atomic mass is 9.94. The van der Waals surface area contributed by atoms with Crippen LogP contribution in [0.3, 0.4) is 0 Å². The number of aromatic nitrogens is 1. The Morgan fingerprint density at radius 1 is 1.37 bits per heavy atom. The Hall–Kier alpha value is -1.12. The third-order valence-corrected chi connectivity index (χ3v) is 4.56. The first-order chi connectivity index (χ1) is 9.11. The van der Waals surface area contributed by atoms with Gasteiger partial charge in [0, 0.05) is 26.1 Å². The molecule has 1 heterocycles. The fourth-order valence-electron chi connectivity index (χ4n) is 2.35. The lowest BCUT2D eigenvalue weighted by molar-refractivity contribution is 0.412. The normalized spacial score (nSPS) is 16.1. The van der Waals surface area contributed by atoms with E-state index in [0.29, 0.717) is 0 Å². The Kier molecular flexibility index (Phi) is 3.03. The fourth-order valence-corrected chi connectivity index (χ4v) is 3.23. The molecule has 0 amide bonds. The van der Waals surface area contributed by atoms with Crippen LogP contribution in [0.25, 0.3) is 10.9 Å². The Morgan fingerprint density at radius 3 is 2.68 bits per heavy atom. The summed E-state index contributed by atoms with van der Waals surface area (Å²) in [6.07, 6.45) is 3.53. The van der Waals surface area contributed by atoms with Gasteiger partial charge in [0.25, 0.3) is 0 Å². The summed E-state index contributed by atoms with van der Waals surface area (Å²) < 4.78 is 7.35. The zero-order chi connectivity index (χ0) is 13.6. The smallest absolute Gasteiger partial charge is 0.133 e. The summed E-state index contributed by atoms with van der Waals surface area (Å²) in [5, 5.41) is 10.3. The molecule has 0 unspecified atom stereocenters. The topological polar surface area (TPSA) is 45.9 Å². The second-order valence-electron chi connectivity index (χ2n) is 4.68. The summed E-state index contributed by atoms with van der Waals surface area (Å²) in [7, 11) is 1.64. The van der Waals surface area contributed by atoms with E-state index in [4.69, 9.17) is 4.74 Å². The Bertz CT molecular complexity index is 717. The molecule has 1 aliphatic rings. The summed E-state index contributed by atoms with van der Waals surface area (Å²) in [4.78, 5) is 4.40. The van der Waals surface area contributed by atoms with E-state index in [2.05, 4.69) is 42.9 Å². The van der Waals surface area contributed by atoms with Crippen LogP contribution in [0.1, 0.15) is 18.4 Å². The standard InChI is InChI=1S/C14H10Br2N2O/c1-19-13-9-4-8(15)6-18-12(9)11(16)5-10(13)14(7-17)2-3-14/h4-6H,2-3H2,1H3. The SMILES string of the molecule is COc1c(C2(C#N)CC2)cc(Br)c2ncc(Br)cc12. The van der Waals surface area contributed by atoms with E-state index in [1.807, 2.05) is 12.1 Å². The molecule has 19 heavy (non-hydrogen) atoms. The minimum atomic E-state index is -0.385. The van der Waals surface area contributed by atoms with Gasteiger partial charge in [0.15, 0.2) is 0 Å². The summed E-state index contributed by atoms with van der Waals surface area (Å²) in [6.45, 7) is 0. The van der Waals surface area contributed by atoms with Crippen molar-refractivity contribution >= 4 is 42.8 Å². The van der Waals surface area contributed by atoms with Crippen molar-refractivity contribution in [1.29, 1.82) is 5.26 Å². The molecule has 0 radical (unpaired) electrons. The minimum absolute atomic E-state index is 0.385. The molecule has 96 valence electrons. The number of nitrogens with zero attached hydrogens (tertiary/aromatic N) is 2. The molecule has 2 aromatic rings. The monoisotopic (exact) mass is 380 g/mol. The molecule has 1 aliphatic carbocycles. The van der Waals surface area contributed by atoms with E-state index in [9.17, 15) is 5.26 Å². The number of nitriles is 1. The first kappa shape index (κ1) is 12.9. The molecule has 3 nitrogen and oxygen atoms in total. The lowest BCUT2D eigenvalue weighted by Gasteiger charge is -2.16. The molecule has 0 bridgehead atoms. The molecule has 1 aromatic heterocycles. The number of fused-ring (bicyclic) bond motifs is 1. The van der Waals surface area contributed by atoms with Gasteiger partial charge in [-0.3, -0.25) is 4.98 Å². The van der Waals surface area contributed by atoms with E-state index >= 15 is 0 Å². The molecular formula is C14H10Br2N2O. The van der Waals surface area contributed by atoms with Crippen LogP contribution in [0.2, 0.25) is 0 Å². The Balaban J connectivity index is 2.38. The minimum Gasteiger partial charge on any atom is -0.496 e. The van der Waals surface area contributed by atoms with Gasteiger partial charge in [-0.2, -0.15) is 5.26 Å². The van der Waals surface area contributed by atoms with Gasteiger partial charge in [0.05, 0.1) is 24.1 Å². The number of halogens is 2. The molecular weight excluding hydrogens is 372 g/mol. The highest BCUT2D eigenvalue weighted by molar-refractivity contribution is 9.11. The zero-order valence-corrected chi connectivity index (χ0v) is 13.4. The Morgan fingerprint density at radius 2 is 2.11 bits per heavy atom. The van der Waals surface area contributed by atoms with Gasteiger partial charge in [-0.05, 0) is 56.8 Å². The van der Waals surface area contributed by atoms with Gasteiger partial charge in [0.1, 0.15) is 5.75 Å². The average molecular weight is 382 g/mol. The van der Waals surface area contributed by atoms with E-state index in [-0.39, 0.29) is 5.41 Å². The molecule has 0 spiro atoms. The number of rotatable bonds is 2. The van der Waals surface area contributed by atoms with Crippen molar-refractivity contribution in [1.82, 2.24) is 4.98 Å². The first-order valence-corrected chi connectivity index (χ1v) is 7.43. The van der Waals surface area contributed by atoms with Crippen LogP contribution >= 0.6 is 31.9 Å². The molecule has 1 saturated carbocycles. The first-order valence-electron chi connectivity index (χ1n) is 5.85. The summed E-state index contributed by atoms with van der Waals surface area (Å²) >= 11 is 6.97. The number of pyridine rings is 1. The number of benzene rings is 1. The molecule has 1 aromatic carbocycles. The second-order valence-corrected chi connectivity index (χ2v) is 6.45. The molecule has 1 fully saturated rings. The summed E-state index contributed by atoms with van der Waals surface area (Å²) in [5.74, 6) is 0.756.